The number of hydrogen-bond donors (Lipinski definition) is 1. The van der Waals surface area contributed by atoms with Crippen LogP contribution in [0.3, 0.4) is 0 Å². The molecule has 2 rings (SSSR count). The Morgan fingerprint density at radius 1 is 1.12 bits per heavy atom. The molecular weight excluding hydrogens is 322 g/mol. The highest BCUT2D eigenvalue weighted by molar-refractivity contribution is 5.93. The Morgan fingerprint density at radius 2 is 1.80 bits per heavy atom. The number of hydrogen-bond acceptors (Lipinski definition) is 1. The lowest BCUT2D eigenvalue weighted by molar-refractivity contribution is -0.115. The molecule has 25 heavy (non-hydrogen) atoms. The zero-order chi connectivity index (χ0) is 18.6. The first kappa shape index (κ1) is 19.2. The third-order valence-corrected chi connectivity index (χ3v) is 4.25. The minimum absolute atomic E-state index is 0.0621. The van der Waals surface area contributed by atoms with Crippen LogP contribution >= 0.6 is 0 Å². The van der Waals surface area contributed by atoms with E-state index in [0.717, 1.165) is 17.7 Å². The molecule has 2 aromatic rings. The summed E-state index contributed by atoms with van der Waals surface area (Å²) >= 11 is 0. The lowest BCUT2D eigenvalue weighted by atomic mass is 9.91. The molecule has 1 atom stereocenters. The zero-order valence-corrected chi connectivity index (χ0v) is 15.2. The van der Waals surface area contributed by atoms with Crippen LogP contribution in [0, 0.1) is 5.92 Å². The van der Waals surface area contributed by atoms with Crippen LogP contribution in [0.1, 0.15) is 56.2 Å². The first-order chi connectivity index (χ1) is 11.8. The van der Waals surface area contributed by atoms with Gasteiger partial charge >= 0.3 is 0 Å². The van der Waals surface area contributed by atoms with Crippen molar-refractivity contribution in [3.05, 3.63) is 53.3 Å². The molecule has 1 amide bonds. The van der Waals surface area contributed by atoms with E-state index in [0.29, 0.717) is 17.4 Å². The standard InChI is InChI=1S/C20H26F2N2O/c1-13(2)9-14(3)16-7-5-6-8-18(16)23-19(25)10-15-11-24(4)12-17(15)20(21)22/h5-8,11-14,20H,9-10H2,1-4H3,(H,23,25). The average molecular weight is 348 g/mol. The summed E-state index contributed by atoms with van der Waals surface area (Å²) in [5.41, 5.74) is 2.11. The van der Waals surface area contributed by atoms with E-state index in [4.69, 9.17) is 0 Å². The monoisotopic (exact) mass is 348 g/mol. The van der Waals surface area contributed by atoms with Crippen molar-refractivity contribution in [3.8, 4) is 0 Å². The predicted octanol–water partition coefficient (Wildman–Crippen LogP) is 5.29. The van der Waals surface area contributed by atoms with E-state index in [-0.39, 0.29) is 17.9 Å². The Bertz CT molecular complexity index is 722. The van der Waals surface area contributed by atoms with Crippen LogP contribution in [0.15, 0.2) is 36.7 Å². The van der Waals surface area contributed by atoms with Gasteiger partial charge in [-0.3, -0.25) is 4.79 Å². The summed E-state index contributed by atoms with van der Waals surface area (Å²) < 4.78 is 27.7. The molecule has 0 saturated carbocycles. The third-order valence-electron chi connectivity index (χ3n) is 4.25. The first-order valence-electron chi connectivity index (χ1n) is 8.59. The molecule has 1 unspecified atom stereocenters. The number of rotatable bonds is 7. The number of aromatic nitrogens is 1. The lowest BCUT2D eigenvalue weighted by Crippen LogP contribution is -2.17. The normalized spacial score (nSPS) is 12.6. The first-order valence-corrected chi connectivity index (χ1v) is 8.59. The van der Waals surface area contributed by atoms with E-state index in [9.17, 15) is 13.6 Å². The van der Waals surface area contributed by atoms with Crippen molar-refractivity contribution in [1.82, 2.24) is 4.57 Å². The molecule has 3 nitrogen and oxygen atoms in total. The molecule has 1 aromatic carbocycles. The molecule has 0 fully saturated rings. The Balaban J connectivity index is 2.14. The smallest absolute Gasteiger partial charge is 0.265 e. The highest BCUT2D eigenvalue weighted by Gasteiger charge is 2.19. The van der Waals surface area contributed by atoms with E-state index in [1.165, 1.54) is 6.20 Å². The van der Waals surface area contributed by atoms with Gasteiger partial charge in [-0.15, -0.1) is 0 Å². The second kappa shape index (κ2) is 8.28. The summed E-state index contributed by atoms with van der Waals surface area (Å²) in [6.45, 7) is 6.47. The van der Waals surface area contributed by atoms with Crippen LogP contribution in [0.5, 0.6) is 0 Å². The molecule has 0 aliphatic heterocycles. The summed E-state index contributed by atoms with van der Waals surface area (Å²) in [6, 6.07) is 7.70. The van der Waals surface area contributed by atoms with Gasteiger partial charge in [0, 0.05) is 30.7 Å². The van der Waals surface area contributed by atoms with Gasteiger partial charge in [-0.05, 0) is 35.4 Å². The van der Waals surface area contributed by atoms with Crippen LogP contribution in [0.4, 0.5) is 14.5 Å². The lowest BCUT2D eigenvalue weighted by Gasteiger charge is -2.18. The highest BCUT2D eigenvalue weighted by atomic mass is 19.3. The number of nitrogens with zero attached hydrogens (tertiary/aromatic N) is 1. The van der Waals surface area contributed by atoms with Gasteiger partial charge in [0.05, 0.1) is 6.42 Å². The van der Waals surface area contributed by atoms with Crippen LogP contribution in [-0.4, -0.2) is 10.5 Å². The SMILES string of the molecule is CC(C)CC(C)c1ccccc1NC(=O)Cc1cn(C)cc1C(F)F. The van der Waals surface area contributed by atoms with E-state index >= 15 is 0 Å². The second-order valence-electron chi connectivity index (χ2n) is 7.05. The van der Waals surface area contributed by atoms with Crippen molar-refractivity contribution < 1.29 is 13.6 Å². The van der Waals surface area contributed by atoms with E-state index in [1.54, 1.807) is 17.8 Å². The fourth-order valence-corrected chi connectivity index (χ4v) is 3.25. The van der Waals surface area contributed by atoms with Gasteiger partial charge in [-0.25, -0.2) is 8.78 Å². The topological polar surface area (TPSA) is 34.0 Å². The molecule has 0 spiro atoms. The van der Waals surface area contributed by atoms with Gasteiger partial charge in [0.15, 0.2) is 0 Å². The number of carbonyl (C=O) groups is 1. The fraction of sp³-hybridized carbons (Fsp3) is 0.450. The zero-order valence-electron chi connectivity index (χ0n) is 15.2. The quantitative estimate of drug-likeness (QED) is 0.724. The maximum absolute atomic E-state index is 13.1. The molecule has 0 aliphatic rings. The summed E-state index contributed by atoms with van der Waals surface area (Å²) in [4.78, 5) is 12.4. The van der Waals surface area contributed by atoms with Crippen molar-refractivity contribution in [1.29, 1.82) is 0 Å². The largest absolute Gasteiger partial charge is 0.356 e. The van der Waals surface area contributed by atoms with E-state index in [2.05, 4.69) is 26.1 Å². The van der Waals surface area contributed by atoms with Gasteiger partial charge in [0.2, 0.25) is 5.91 Å². The molecular formula is C20H26F2N2O. The summed E-state index contributed by atoms with van der Waals surface area (Å²) in [5.74, 6) is 0.582. The van der Waals surface area contributed by atoms with E-state index < -0.39 is 6.43 Å². The molecule has 0 saturated heterocycles. The van der Waals surface area contributed by atoms with Gasteiger partial charge in [0.1, 0.15) is 0 Å². The molecule has 1 N–H and O–H groups in total. The number of para-hydroxylation sites is 1. The van der Waals surface area contributed by atoms with Crippen LogP contribution < -0.4 is 5.32 Å². The molecule has 0 radical (unpaired) electrons. The predicted molar refractivity (Wildman–Crippen MR) is 97.0 cm³/mol. The number of nitrogens with one attached hydrogen (secondary N) is 1. The Hall–Kier alpha value is -2.17. The number of benzene rings is 1. The number of anilines is 1. The van der Waals surface area contributed by atoms with Crippen molar-refractivity contribution in [2.24, 2.45) is 13.0 Å². The number of aryl methyl sites for hydroxylation is 1. The van der Waals surface area contributed by atoms with Crippen molar-refractivity contribution in [2.75, 3.05) is 5.32 Å². The molecule has 136 valence electrons. The maximum atomic E-state index is 13.1. The number of alkyl halides is 2. The third kappa shape index (κ3) is 5.15. The summed E-state index contributed by atoms with van der Waals surface area (Å²) in [7, 11) is 1.68. The van der Waals surface area contributed by atoms with Crippen LogP contribution in [0.2, 0.25) is 0 Å². The highest BCUT2D eigenvalue weighted by Crippen LogP contribution is 2.30. The Labute approximate surface area is 148 Å². The molecule has 1 aromatic heterocycles. The fourth-order valence-electron chi connectivity index (χ4n) is 3.25. The molecule has 5 heteroatoms. The minimum atomic E-state index is -2.58. The van der Waals surface area contributed by atoms with Gasteiger partial charge < -0.3 is 9.88 Å². The van der Waals surface area contributed by atoms with E-state index in [1.807, 2.05) is 24.3 Å². The van der Waals surface area contributed by atoms with Gasteiger partial charge in [-0.2, -0.15) is 0 Å². The average Bonchev–Trinajstić information content (AvgIpc) is 2.87. The number of halogens is 2. The summed E-state index contributed by atoms with van der Waals surface area (Å²) in [6.07, 6.45) is 1.32. The van der Waals surface area contributed by atoms with Crippen molar-refractivity contribution in [2.45, 2.75) is 46.0 Å². The minimum Gasteiger partial charge on any atom is -0.356 e. The second-order valence-corrected chi connectivity index (χ2v) is 7.05. The van der Waals surface area contributed by atoms with Crippen molar-refractivity contribution >= 4 is 11.6 Å². The van der Waals surface area contributed by atoms with Crippen molar-refractivity contribution in [3.63, 3.8) is 0 Å². The Morgan fingerprint density at radius 3 is 2.44 bits per heavy atom. The number of amides is 1. The number of carbonyl (C=O) groups excluding carboxylic acids is 1. The van der Waals surface area contributed by atoms with Crippen LogP contribution in [0.25, 0.3) is 0 Å². The van der Waals surface area contributed by atoms with Crippen LogP contribution in [-0.2, 0) is 18.3 Å². The Kier molecular flexibility index (Phi) is 6.34. The molecule has 0 bridgehead atoms. The molecule has 0 aliphatic carbocycles. The van der Waals surface area contributed by atoms with Gasteiger partial charge in [0.25, 0.3) is 6.43 Å². The van der Waals surface area contributed by atoms with Gasteiger partial charge in [-0.1, -0.05) is 39.0 Å². The summed E-state index contributed by atoms with van der Waals surface area (Å²) in [5, 5.41) is 2.90. The maximum Gasteiger partial charge on any atom is 0.265 e. The molecule has 1 heterocycles.